The van der Waals surface area contributed by atoms with Gasteiger partial charge in [0.15, 0.2) is 0 Å². The number of nitrogens with zero attached hydrogens (tertiary/aromatic N) is 1. The Bertz CT molecular complexity index is 724. The van der Waals surface area contributed by atoms with E-state index in [0.29, 0.717) is 0 Å². The van der Waals surface area contributed by atoms with Crippen LogP contribution in [0.25, 0.3) is 0 Å². The molecule has 0 amide bonds. The first kappa shape index (κ1) is 15.2. The van der Waals surface area contributed by atoms with Gasteiger partial charge < -0.3 is 0 Å². The molecule has 1 aliphatic carbocycles. The minimum atomic E-state index is -3.85. The minimum absolute atomic E-state index is 0.0133. The van der Waals surface area contributed by atoms with Gasteiger partial charge in [0.1, 0.15) is 0 Å². The summed E-state index contributed by atoms with van der Waals surface area (Å²) in [7, 11) is -3.85. The Morgan fingerprint density at radius 2 is 1.95 bits per heavy atom. The van der Waals surface area contributed by atoms with E-state index in [9.17, 15) is 22.9 Å². The van der Waals surface area contributed by atoms with Crippen LogP contribution in [0.4, 0.5) is 4.39 Å². The molecule has 1 aromatic rings. The summed E-state index contributed by atoms with van der Waals surface area (Å²) in [5, 5.41) is 10.8. The number of alkyl halides is 1. The predicted octanol–water partition coefficient (Wildman–Crippen LogP) is 2.14. The first-order valence-electron chi connectivity index (χ1n) is 6.06. The molecule has 0 bridgehead atoms. The van der Waals surface area contributed by atoms with Crippen LogP contribution in [0.5, 0.6) is 0 Å². The average molecular weight is 312 g/mol. The molecule has 0 aliphatic heterocycles. The summed E-state index contributed by atoms with van der Waals surface area (Å²) < 4.78 is 40.4. The molecule has 112 valence electrons. The Morgan fingerprint density at radius 1 is 1.33 bits per heavy atom. The van der Waals surface area contributed by atoms with Crippen molar-refractivity contribution in [1.82, 2.24) is 4.72 Å². The number of sulfonamides is 1. The Labute approximate surface area is 121 Å². The van der Waals surface area contributed by atoms with Crippen LogP contribution in [0.15, 0.2) is 58.8 Å². The van der Waals surface area contributed by atoms with Crippen molar-refractivity contribution in [1.29, 1.82) is 0 Å². The van der Waals surface area contributed by atoms with Crippen LogP contribution in [0.2, 0.25) is 0 Å². The van der Waals surface area contributed by atoms with Crippen LogP contribution < -0.4 is 4.72 Å². The molecular formula is C13H13FN2O4S. The maximum atomic E-state index is 14.0. The van der Waals surface area contributed by atoms with Gasteiger partial charge >= 0.3 is 0 Å². The number of nitrogens with one attached hydrogen (secondary N) is 1. The number of hydrogen-bond donors (Lipinski definition) is 1. The fourth-order valence-electron chi connectivity index (χ4n) is 1.89. The monoisotopic (exact) mass is 312 g/mol. The van der Waals surface area contributed by atoms with E-state index >= 15 is 0 Å². The highest BCUT2D eigenvalue weighted by Crippen LogP contribution is 2.31. The number of rotatable bonds is 4. The third kappa shape index (κ3) is 3.27. The van der Waals surface area contributed by atoms with Gasteiger partial charge in [0.05, 0.1) is 15.5 Å². The van der Waals surface area contributed by atoms with Crippen molar-refractivity contribution in [2.45, 2.75) is 23.9 Å². The summed E-state index contributed by atoms with van der Waals surface area (Å²) >= 11 is 0. The van der Waals surface area contributed by atoms with Crippen molar-refractivity contribution in [2.24, 2.45) is 0 Å². The quantitative estimate of drug-likeness (QED) is 0.681. The molecule has 8 heteroatoms. The molecule has 1 unspecified atom stereocenters. The first-order chi connectivity index (χ1) is 9.72. The lowest BCUT2D eigenvalue weighted by atomic mass is 9.95. The second kappa shape index (κ2) is 5.28. The van der Waals surface area contributed by atoms with Crippen LogP contribution in [0, 0.1) is 10.1 Å². The van der Waals surface area contributed by atoms with E-state index in [4.69, 9.17) is 0 Å². The highest BCUT2D eigenvalue weighted by Gasteiger charge is 2.40. The highest BCUT2D eigenvalue weighted by atomic mass is 32.2. The zero-order chi connectivity index (χ0) is 15.7. The molecule has 1 aliphatic rings. The number of benzene rings is 1. The van der Waals surface area contributed by atoms with Gasteiger partial charge in [-0.05, 0) is 19.1 Å². The fraction of sp³-hybridized carbons (Fsp3) is 0.231. The summed E-state index contributed by atoms with van der Waals surface area (Å²) in [5.41, 5.74) is -2.80. The maximum absolute atomic E-state index is 14.0. The van der Waals surface area contributed by atoms with Gasteiger partial charge in [-0.1, -0.05) is 24.3 Å². The van der Waals surface area contributed by atoms with Crippen LogP contribution in [0.1, 0.15) is 13.3 Å². The van der Waals surface area contributed by atoms with Gasteiger partial charge in [-0.3, -0.25) is 14.8 Å². The molecule has 1 N–H and O–H groups in total. The topological polar surface area (TPSA) is 89.3 Å². The predicted molar refractivity (Wildman–Crippen MR) is 74.1 cm³/mol. The van der Waals surface area contributed by atoms with Crippen LogP contribution in [-0.2, 0) is 10.0 Å². The molecule has 0 saturated heterocycles. The smallest absolute Gasteiger partial charge is 0.280 e. The molecule has 1 atom stereocenters. The number of hydrogen-bond acceptors (Lipinski definition) is 4. The van der Waals surface area contributed by atoms with Gasteiger partial charge in [-0.15, -0.1) is 0 Å². The van der Waals surface area contributed by atoms with E-state index in [2.05, 4.69) is 4.72 Å². The highest BCUT2D eigenvalue weighted by molar-refractivity contribution is 7.89. The third-order valence-corrected chi connectivity index (χ3v) is 4.43. The summed E-state index contributed by atoms with van der Waals surface area (Å²) in [6, 6.07) is 7.56. The SMILES string of the molecule is CC1(F)CC=C(NS(=O)(=O)c2ccccc2)C=C1[N+](=O)[O-]. The van der Waals surface area contributed by atoms with E-state index in [1.165, 1.54) is 18.2 Å². The van der Waals surface area contributed by atoms with Gasteiger partial charge in [0.2, 0.25) is 5.67 Å². The van der Waals surface area contributed by atoms with E-state index in [1.807, 2.05) is 0 Å². The van der Waals surface area contributed by atoms with Crippen LogP contribution in [-0.4, -0.2) is 19.0 Å². The number of allylic oxidation sites excluding steroid dienone is 3. The molecule has 21 heavy (non-hydrogen) atoms. The lowest BCUT2D eigenvalue weighted by Gasteiger charge is -2.20. The van der Waals surface area contributed by atoms with Gasteiger partial charge in [-0.25, -0.2) is 12.8 Å². The normalized spacial score (nSPS) is 22.2. The molecule has 2 rings (SSSR count). The number of halogens is 1. The van der Waals surface area contributed by atoms with Crippen LogP contribution >= 0.6 is 0 Å². The molecule has 0 spiro atoms. The Morgan fingerprint density at radius 3 is 2.52 bits per heavy atom. The lowest BCUT2D eigenvalue weighted by molar-refractivity contribution is -0.440. The fourth-order valence-corrected chi connectivity index (χ4v) is 2.98. The summed E-state index contributed by atoms with van der Waals surface area (Å²) in [6.45, 7) is 1.08. The molecule has 6 nitrogen and oxygen atoms in total. The average Bonchev–Trinajstić information content (AvgIpc) is 2.41. The lowest BCUT2D eigenvalue weighted by Crippen LogP contribution is -2.31. The number of nitro groups is 1. The minimum Gasteiger partial charge on any atom is -0.280 e. The molecule has 0 saturated carbocycles. The largest absolute Gasteiger partial charge is 0.285 e. The first-order valence-corrected chi connectivity index (χ1v) is 7.54. The van der Waals surface area contributed by atoms with Crippen molar-refractivity contribution >= 4 is 10.0 Å². The van der Waals surface area contributed by atoms with Crippen LogP contribution in [0.3, 0.4) is 0 Å². The van der Waals surface area contributed by atoms with Crippen molar-refractivity contribution in [3.05, 3.63) is 64.0 Å². The molecular weight excluding hydrogens is 299 g/mol. The summed E-state index contributed by atoms with van der Waals surface area (Å²) in [5.74, 6) is 0. The Hall–Kier alpha value is -2.22. The second-order valence-electron chi connectivity index (χ2n) is 4.77. The second-order valence-corrected chi connectivity index (χ2v) is 6.45. The maximum Gasteiger partial charge on any atom is 0.285 e. The van der Waals surface area contributed by atoms with Crippen molar-refractivity contribution < 1.29 is 17.7 Å². The molecule has 0 fully saturated rings. The molecule has 0 heterocycles. The summed E-state index contributed by atoms with van der Waals surface area (Å²) in [4.78, 5) is 10.0. The summed E-state index contributed by atoms with van der Waals surface area (Å²) in [6.07, 6.45) is 1.92. The van der Waals surface area contributed by atoms with Crippen molar-refractivity contribution in [3.63, 3.8) is 0 Å². The zero-order valence-corrected chi connectivity index (χ0v) is 11.9. The van der Waals surface area contributed by atoms with Gasteiger partial charge in [-0.2, -0.15) is 0 Å². The zero-order valence-electron chi connectivity index (χ0n) is 11.1. The molecule has 1 aromatic carbocycles. The third-order valence-electron chi connectivity index (χ3n) is 3.03. The molecule has 0 aromatic heterocycles. The Balaban J connectivity index is 2.29. The van der Waals surface area contributed by atoms with E-state index in [1.54, 1.807) is 18.2 Å². The Kier molecular flexibility index (Phi) is 3.82. The van der Waals surface area contributed by atoms with E-state index in [-0.39, 0.29) is 17.0 Å². The van der Waals surface area contributed by atoms with Gasteiger partial charge in [0.25, 0.3) is 15.7 Å². The van der Waals surface area contributed by atoms with Gasteiger partial charge in [0, 0.05) is 12.5 Å². The van der Waals surface area contributed by atoms with Crippen molar-refractivity contribution in [3.8, 4) is 0 Å². The van der Waals surface area contributed by atoms with E-state index < -0.39 is 26.3 Å². The standard InChI is InChI=1S/C13H13FN2O4S/c1-13(14)8-7-10(9-12(13)16(17)18)15-21(19,20)11-5-3-2-4-6-11/h2-7,9,15H,8H2,1H3. The van der Waals surface area contributed by atoms with E-state index in [0.717, 1.165) is 13.0 Å². The molecule has 0 radical (unpaired) electrons. The van der Waals surface area contributed by atoms with Crippen molar-refractivity contribution in [2.75, 3.05) is 0 Å².